The predicted molar refractivity (Wildman–Crippen MR) is 310 cm³/mol. The summed E-state index contributed by atoms with van der Waals surface area (Å²) in [6.07, 6.45) is 0. The maximum atomic E-state index is 12.2. The first kappa shape index (κ1) is 41.4. The second-order valence-corrected chi connectivity index (χ2v) is 20.3. The van der Waals surface area contributed by atoms with Gasteiger partial charge in [-0.05, 0) is 58.7 Å². The third kappa shape index (κ3) is 5.70. The third-order valence-corrected chi connectivity index (χ3v) is 16.6. The molecule has 0 amide bonds. The number of furan rings is 2. The summed E-state index contributed by atoms with van der Waals surface area (Å²) in [5.74, 6) is 0. The minimum absolute atomic E-state index is 0.335. The highest BCUT2D eigenvalue weighted by atomic mass is 32.1. The van der Waals surface area contributed by atoms with Crippen LogP contribution in [0.4, 0.5) is 5.69 Å². The van der Waals surface area contributed by atoms with E-state index in [4.69, 9.17) is 8.83 Å². The van der Waals surface area contributed by atoms with Gasteiger partial charge in [-0.2, -0.15) is 5.26 Å². The lowest BCUT2D eigenvalue weighted by atomic mass is 9.88. The summed E-state index contributed by atoms with van der Waals surface area (Å²) >= 11 is 1.78. The topological polar surface area (TPSA) is 64.3 Å². The Morgan fingerprint density at radius 2 is 0.907 bits per heavy atom. The standard InChI is InChI=1S/C68H36N4O2S/c1-70-60-58(40-19-7-3-8-20-40)53(38-69)61(71-54-26-14-11-23-43(54)47-33-36-52-46-30-29-42(39-17-5-2-6-18-39)37-57(46)75-68(52)64(47)71)59(41-21-9-4-10-22-41)65(60)72-62-48(31-34-50-44-24-12-15-27-55(44)73-66(50)62)49-32-35-51-45-25-13-16-28-56(45)74-67(51)63(49)72/h2-37H. The molecule has 0 aliphatic carbocycles. The highest BCUT2D eigenvalue weighted by Gasteiger charge is 2.34. The molecule has 0 saturated heterocycles. The Morgan fingerprint density at radius 1 is 0.413 bits per heavy atom. The summed E-state index contributed by atoms with van der Waals surface area (Å²) in [6.45, 7) is 9.53. The highest BCUT2D eigenvalue weighted by molar-refractivity contribution is 7.26. The molecule has 75 heavy (non-hydrogen) atoms. The zero-order chi connectivity index (χ0) is 49.5. The Balaban J connectivity index is 1.18. The molecule has 0 atom stereocenters. The van der Waals surface area contributed by atoms with E-state index in [1.54, 1.807) is 11.3 Å². The van der Waals surface area contributed by atoms with Crippen LogP contribution in [-0.4, -0.2) is 9.13 Å². The molecule has 0 fully saturated rings. The first-order valence-electron chi connectivity index (χ1n) is 24.9. The molecule has 0 saturated carbocycles. The molecular weight excluding hydrogens is 937 g/mol. The van der Waals surface area contributed by atoms with Crippen molar-refractivity contribution in [3.05, 3.63) is 235 Å². The number of fused-ring (bicyclic) bond motifs is 18. The van der Waals surface area contributed by atoms with E-state index in [1.807, 2.05) is 84.9 Å². The van der Waals surface area contributed by atoms with Crippen molar-refractivity contribution in [2.75, 3.05) is 0 Å². The van der Waals surface area contributed by atoms with Crippen molar-refractivity contribution in [3.63, 3.8) is 0 Å². The van der Waals surface area contributed by atoms with Crippen LogP contribution >= 0.6 is 11.3 Å². The molecule has 11 aromatic carbocycles. The Bertz CT molecular complexity index is 5070. The second-order valence-electron chi connectivity index (χ2n) is 19.2. The summed E-state index contributed by atoms with van der Waals surface area (Å²) in [5, 5.41) is 22.4. The molecular formula is C68H36N4O2S. The van der Waals surface area contributed by atoms with E-state index in [-0.39, 0.29) is 0 Å². The average molecular weight is 973 g/mol. The van der Waals surface area contributed by atoms with Crippen LogP contribution in [-0.2, 0) is 0 Å². The number of aromatic nitrogens is 2. The van der Waals surface area contributed by atoms with Gasteiger partial charge in [-0.15, -0.1) is 11.3 Å². The van der Waals surface area contributed by atoms with Gasteiger partial charge in [-0.1, -0.05) is 182 Å². The molecule has 7 heteroatoms. The van der Waals surface area contributed by atoms with Crippen LogP contribution in [0.2, 0.25) is 0 Å². The number of hydrogen-bond acceptors (Lipinski definition) is 4. The molecule has 0 spiro atoms. The summed E-state index contributed by atoms with van der Waals surface area (Å²) in [5.41, 5.74) is 13.6. The van der Waals surface area contributed by atoms with Crippen LogP contribution in [0.5, 0.6) is 0 Å². The molecule has 0 bridgehead atoms. The van der Waals surface area contributed by atoms with Crippen molar-refractivity contribution >= 4 is 125 Å². The molecule has 5 heterocycles. The summed E-state index contributed by atoms with van der Waals surface area (Å²) in [4.78, 5) is 4.63. The van der Waals surface area contributed by atoms with Crippen LogP contribution in [0.25, 0.3) is 157 Å². The molecule has 0 aliphatic heterocycles. The maximum absolute atomic E-state index is 12.2. The largest absolute Gasteiger partial charge is 0.454 e. The van der Waals surface area contributed by atoms with Gasteiger partial charge in [-0.3, -0.25) is 0 Å². The van der Waals surface area contributed by atoms with Crippen LogP contribution in [0.15, 0.2) is 227 Å². The first-order valence-corrected chi connectivity index (χ1v) is 25.7. The Hall–Kier alpha value is -10.2. The molecule has 0 N–H and O–H groups in total. The van der Waals surface area contributed by atoms with Crippen LogP contribution in [0.3, 0.4) is 0 Å². The normalized spacial score (nSPS) is 12.0. The number of nitriles is 1. The molecule has 0 radical (unpaired) electrons. The zero-order valence-corrected chi connectivity index (χ0v) is 40.6. The van der Waals surface area contributed by atoms with E-state index in [0.29, 0.717) is 39.4 Å². The number of nitrogens with zero attached hydrogens (tertiary/aromatic N) is 4. The van der Waals surface area contributed by atoms with Crippen molar-refractivity contribution in [2.45, 2.75) is 0 Å². The van der Waals surface area contributed by atoms with Crippen LogP contribution < -0.4 is 0 Å². The average Bonchev–Trinajstić information content (AvgIpc) is 4.42. The van der Waals surface area contributed by atoms with E-state index in [0.717, 1.165) is 114 Å². The fourth-order valence-electron chi connectivity index (χ4n) is 12.2. The molecule has 0 aliphatic rings. The minimum atomic E-state index is 0.335. The SMILES string of the molecule is [C-]#[N+]c1c(-c2ccccc2)c(C#N)c(-n2c3ccccc3c3ccc4c5ccc(-c6ccccc6)cc5sc4c32)c(-c2ccccc2)c1-n1c2c(ccc3c4ccccc4oc32)c2ccc3c4ccccc4oc3c21. The van der Waals surface area contributed by atoms with Crippen LogP contribution in [0.1, 0.15) is 5.56 Å². The fourth-order valence-corrected chi connectivity index (χ4v) is 13.5. The predicted octanol–water partition coefficient (Wildman–Crippen LogP) is 19.5. The number of thiophene rings is 1. The Labute approximate surface area is 431 Å². The van der Waals surface area contributed by atoms with Gasteiger partial charge in [0.25, 0.3) is 0 Å². The third-order valence-electron chi connectivity index (χ3n) is 15.4. The Kier molecular flexibility index (Phi) is 8.65. The number of rotatable bonds is 5. The van der Waals surface area contributed by atoms with E-state index in [1.165, 1.54) is 10.1 Å². The fraction of sp³-hybridized carbons (Fsp3) is 0. The van der Waals surface area contributed by atoms with E-state index >= 15 is 0 Å². The quantitative estimate of drug-likeness (QED) is 0.161. The van der Waals surface area contributed by atoms with Crippen molar-refractivity contribution in [3.8, 4) is 50.8 Å². The van der Waals surface area contributed by atoms with Crippen molar-refractivity contribution in [1.29, 1.82) is 5.26 Å². The molecule has 5 aromatic heterocycles. The molecule has 346 valence electrons. The van der Waals surface area contributed by atoms with E-state index < -0.39 is 0 Å². The number of para-hydroxylation sites is 3. The van der Waals surface area contributed by atoms with Gasteiger partial charge < -0.3 is 18.0 Å². The zero-order valence-electron chi connectivity index (χ0n) is 39.8. The minimum Gasteiger partial charge on any atom is -0.454 e. The molecule has 16 rings (SSSR count). The lowest BCUT2D eigenvalue weighted by Gasteiger charge is -2.25. The van der Waals surface area contributed by atoms with Crippen molar-refractivity contribution < 1.29 is 8.83 Å². The van der Waals surface area contributed by atoms with Crippen molar-refractivity contribution in [2.24, 2.45) is 0 Å². The van der Waals surface area contributed by atoms with Gasteiger partial charge in [0.05, 0.1) is 50.3 Å². The van der Waals surface area contributed by atoms with Gasteiger partial charge >= 0.3 is 0 Å². The summed E-state index contributed by atoms with van der Waals surface area (Å²) in [7, 11) is 0. The molecule has 6 nitrogen and oxygen atoms in total. The lowest BCUT2D eigenvalue weighted by Crippen LogP contribution is -2.09. The van der Waals surface area contributed by atoms with E-state index in [9.17, 15) is 11.8 Å². The number of hydrogen-bond donors (Lipinski definition) is 0. The van der Waals surface area contributed by atoms with Gasteiger partial charge in [0, 0.05) is 69.7 Å². The monoisotopic (exact) mass is 972 g/mol. The van der Waals surface area contributed by atoms with Gasteiger partial charge in [-0.25, -0.2) is 4.85 Å². The molecule has 0 unspecified atom stereocenters. The summed E-state index contributed by atoms with van der Waals surface area (Å²) in [6, 6.07) is 78.4. The van der Waals surface area contributed by atoms with E-state index in [2.05, 4.69) is 154 Å². The maximum Gasteiger partial charge on any atom is 0.220 e. The highest BCUT2D eigenvalue weighted by Crippen LogP contribution is 2.55. The van der Waals surface area contributed by atoms with Crippen LogP contribution in [0, 0.1) is 17.9 Å². The summed E-state index contributed by atoms with van der Waals surface area (Å²) < 4.78 is 21.0. The van der Waals surface area contributed by atoms with Gasteiger partial charge in [0.2, 0.25) is 5.69 Å². The lowest BCUT2D eigenvalue weighted by molar-refractivity contribution is 0.669. The smallest absolute Gasteiger partial charge is 0.220 e. The van der Waals surface area contributed by atoms with Gasteiger partial charge in [0.1, 0.15) is 17.2 Å². The Morgan fingerprint density at radius 3 is 1.51 bits per heavy atom. The van der Waals surface area contributed by atoms with Gasteiger partial charge in [0.15, 0.2) is 11.2 Å². The first-order chi connectivity index (χ1) is 37.2. The number of benzene rings is 11. The second kappa shape index (κ2) is 15.7. The molecule has 16 aromatic rings. The van der Waals surface area contributed by atoms with Crippen molar-refractivity contribution in [1.82, 2.24) is 9.13 Å².